The van der Waals surface area contributed by atoms with Crippen molar-refractivity contribution in [2.24, 2.45) is 7.05 Å². The SMILES string of the molecule is COc1c(CNc2ccc(Cl)cc2Br)c(C)nn1C. The molecule has 2 rings (SSSR count). The lowest BCUT2D eigenvalue weighted by Gasteiger charge is -2.10. The molecule has 0 aliphatic rings. The molecule has 1 N–H and O–H groups in total. The Morgan fingerprint density at radius 3 is 2.84 bits per heavy atom. The number of aromatic nitrogens is 2. The molecule has 0 saturated carbocycles. The monoisotopic (exact) mass is 343 g/mol. The second-order valence-corrected chi connectivity index (χ2v) is 5.47. The van der Waals surface area contributed by atoms with Crippen LogP contribution in [0.1, 0.15) is 11.3 Å². The van der Waals surface area contributed by atoms with Gasteiger partial charge in [0.15, 0.2) is 0 Å². The average Bonchev–Trinajstić information content (AvgIpc) is 2.62. The van der Waals surface area contributed by atoms with Crippen molar-refractivity contribution in [3.05, 3.63) is 39.0 Å². The maximum Gasteiger partial charge on any atom is 0.216 e. The number of hydrogen-bond donors (Lipinski definition) is 1. The van der Waals surface area contributed by atoms with Crippen LogP contribution in [0.5, 0.6) is 5.88 Å². The molecule has 1 heterocycles. The number of aryl methyl sites for hydroxylation is 2. The number of nitrogens with zero attached hydrogens (tertiary/aromatic N) is 2. The molecule has 0 spiro atoms. The van der Waals surface area contributed by atoms with Crippen LogP contribution in [0.15, 0.2) is 22.7 Å². The van der Waals surface area contributed by atoms with Gasteiger partial charge in [0.2, 0.25) is 5.88 Å². The smallest absolute Gasteiger partial charge is 0.216 e. The molecule has 0 aliphatic carbocycles. The number of rotatable bonds is 4. The van der Waals surface area contributed by atoms with Crippen molar-refractivity contribution in [3.8, 4) is 5.88 Å². The summed E-state index contributed by atoms with van der Waals surface area (Å²) in [6.07, 6.45) is 0. The molecule has 0 aliphatic heterocycles. The minimum Gasteiger partial charge on any atom is -0.481 e. The van der Waals surface area contributed by atoms with E-state index in [1.54, 1.807) is 11.8 Å². The van der Waals surface area contributed by atoms with Crippen molar-refractivity contribution >= 4 is 33.2 Å². The zero-order valence-electron chi connectivity index (χ0n) is 11.0. The minimum absolute atomic E-state index is 0.642. The second-order valence-electron chi connectivity index (χ2n) is 4.17. The highest BCUT2D eigenvalue weighted by Crippen LogP contribution is 2.28. The molecule has 0 atom stereocenters. The zero-order valence-corrected chi connectivity index (χ0v) is 13.3. The van der Waals surface area contributed by atoms with Crippen LogP contribution < -0.4 is 10.1 Å². The molecule has 1 aromatic carbocycles. The van der Waals surface area contributed by atoms with Crippen molar-refractivity contribution in [2.75, 3.05) is 12.4 Å². The van der Waals surface area contributed by atoms with Crippen LogP contribution in [-0.4, -0.2) is 16.9 Å². The van der Waals surface area contributed by atoms with Crippen molar-refractivity contribution in [1.29, 1.82) is 0 Å². The number of halogens is 2. The molecule has 2 aromatic rings. The standard InChI is InChI=1S/C13H15BrClN3O/c1-8-10(13(19-3)18(2)17-8)7-16-12-5-4-9(15)6-11(12)14/h4-6,16H,7H2,1-3H3. The minimum atomic E-state index is 0.642. The first kappa shape index (κ1) is 14.2. The van der Waals surface area contributed by atoms with Crippen LogP contribution in [-0.2, 0) is 13.6 Å². The Hall–Kier alpha value is -1.20. The van der Waals surface area contributed by atoms with Gasteiger partial charge in [-0.2, -0.15) is 5.10 Å². The molecule has 19 heavy (non-hydrogen) atoms. The van der Waals surface area contributed by atoms with Gasteiger partial charge in [-0.25, -0.2) is 4.68 Å². The summed E-state index contributed by atoms with van der Waals surface area (Å²) in [5.41, 5.74) is 2.98. The summed E-state index contributed by atoms with van der Waals surface area (Å²) >= 11 is 9.40. The Balaban J connectivity index is 2.19. The highest BCUT2D eigenvalue weighted by Gasteiger charge is 2.13. The quantitative estimate of drug-likeness (QED) is 0.918. The third kappa shape index (κ3) is 3.04. The average molecular weight is 345 g/mol. The molecule has 4 nitrogen and oxygen atoms in total. The largest absolute Gasteiger partial charge is 0.481 e. The summed E-state index contributed by atoms with van der Waals surface area (Å²) < 4.78 is 8.03. The van der Waals surface area contributed by atoms with E-state index in [4.69, 9.17) is 16.3 Å². The van der Waals surface area contributed by atoms with E-state index < -0.39 is 0 Å². The summed E-state index contributed by atoms with van der Waals surface area (Å²) in [7, 11) is 3.52. The summed E-state index contributed by atoms with van der Waals surface area (Å²) in [6.45, 7) is 2.61. The first-order chi connectivity index (χ1) is 9.02. The molecule has 102 valence electrons. The van der Waals surface area contributed by atoms with Crippen LogP contribution in [0.3, 0.4) is 0 Å². The van der Waals surface area contributed by atoms with E-state index in [1.165, 1.54) is 0 Å². The molecule has 1 aromatic heterocycles. The van der Waals surface area contributed by atoms with Gasteiger partial charge in [-0.3, -0.25) is 0 Å². The van der Waals surface area contributed by atoms with Crippen LogP contribution in [0.2, 0.25) is 5.02 Å². The van der Waals surface area contributed by atoms with Crippen LogP contribution in [0, 0.1) is 6.92 Å². The van der Waals surface area contributed by atoms with Crippen molar-refractivity contribution < 1.29 is 4.74 Å². The molecular weight excluding hydrogens is 330 g/mol. The predicted molar refractivity (Wildman–Crippen MR) is 81.0 cm³/mol. The van der Waals surface area contributed by atoms with E-state index in [2.05, 4.69) is 26.3 Å². The first-order valence-electron chi connectivity index (χ1n) is 5.78. The third-order valence-corrected chi connectivity index (χ3v) is 3.76. The number of ether oxygens (including phenoxy) is 1. The van der Waals surface area contributed by atoms with Gasteiger partial charge in [0.1, 0.15) is 0 Å². The van der Waals surface area contributed by atoms with Gasteiger partial charge in [0.05, 0.1) is 18.4 Å². The lowest BCUT2D eigenvalue weighted by Crippen LogP contribution is -2.03. The van der Waals surface area contributed by atoms with E-state index >= 15 is 0 Å². The van der Waals surface area contributed by atoms with Gasteiger partial charge < -0.3 is 10.1 Å². The summed E-state index contributed by atoms with van der Waals surface area (Å²) in [6, 6.07) is 5.64. The summed E-state index contributed by atoms with van der Waals surface area (Å²) in [5.74, 6) is 0.773. The van der Waals surface area contributed by atoms with E-state index in [0.29, 0.717) is 11.6 Å². The normalized spacial score (nSPS) is 10.6. The van der Waals surface area contributed by atoms with E-state index in [1.807, 2.05) is 32.2 Å². The number of methoxy groups -OCH3 is 1. The van der Waals surface area contributed by atoms with Crippen LogP contribution >= 0.6 is 27.5 Å². The lowest BCUT2D eigenvalue weighted by atomic mass is 10.2. The molecule has 0 amide bonds. The van der Waals surface area contributed by atoms with Gasteiger partial charge in [-0.1, -0.05) is 11.6 Å². The van der Waals surface area contributed by atoms with Crippen LogP contribution in [0.25, 0.3) is 0 Å². The van der Waals surface area contributed by atoms with E-state index in [-0.39, 0.29) is 0 Å². The number of benzene rings is 1. The number of hydrogen-bond acceptors (Lipinski definition) is 3. The van der Waals surface area contributed by atoms with Crippen LogP contribution in [0.4, 0.5) is 5.69 Å². The fourth-order valence-electron chi connectivity index (χ4n) is 1.96. The fourth-order valence-corrected chi connectivity index (χ4v) is 2.78. The molecule has 0 fully saturated rings. The highest BCUT2D eigenvalue weighted by atomic mass is 79.9. The Kier molecular flexibility index (Phi) is 4.37. The van der Waals surface area contributed by atoms with Crippen molar-refractivity contribution in [2.45, 2.75) is 13.5 Å². The maximum absolute atomic E-state index is 5.92. The van der Waals surface area contributed by atoms with Gasteiger partial charge in [-0.05, 0) is 41.1 Å². The third-order valence-electron chi connectivity index (χ3n) is 2.87. The number of nitrogens with one attached hydrogen (secondary N) is 1. The summed E-state index contributed by atoms with van der Waals surface area (Å²) in [5, 5.41) is 8.40. The molecular formula is C13H15BrClN3O. The van der Waals surface area contributed by atoms with Gasteiger partial charge in [0.25, 0.3) is 0 Å². The second kappa shape index (κ2) is 5.84. The maximum atomic E-state index is 5.92. The molecule has 6 heteroatoms. The predicted octanol–water partition coefficient (Wildman–Crippen LogP) is 3.77. The molecule has 0 radical (unpaired) electrons. The molecule has 0 bridgehead atoms. The first-order valence-corrected chi connectivity index (χ1v) is 6.95. The summed E-state index contributed by atoms with van der Waals surface area (Å²) in [4.78, 5) is 0. The Labute approximate surface area is 125 Å². The highest BCUT2D eigenvalue weighted by molar-refractivity contribution is 9.10. The van der Waals surface area contributed by atoms with Gasteiger partial charge in [-0.15, -0.1) is 0 Å². The molecule has 0 saturated heterocycles. The Morgan fingerprint density at radius 2 is 2.21 bits per heavy atom. The van der Waals surface area contributed by atoms with Gasteiger partial charge in [0, 0.05) is 28.8 Å². The fraction of sp³-hybridized carbons (Fsp3) is 0.308. The van der Waals surface area contributed by atoms with Gasteiger partial charge >= 0.3 is 0 Å². The Morgan fingerprint density at radius 1 is 1.47 bits per heavy atom. The van der Waals surface area contributed by atoms with Crippen molar-refractivity contribution in [3.63, 3.8) is 0 Å². The zero-order chi connectivity index (χ0) is 14.0. The lowest BCUT2D eigenvalue weighted by molar-refractivity contribution is 0.370. The topological polar surface area (TPSA) is 39.1 Å². The number of anilines is 1. The van der Waals surface area contributed by atoms with E-state index in [0.717, 1.165) is 27.3 Å². The Bertz CT molecular complexity index is 598. The molecule has 0 unspecified atom stereocenters. The van der Waals surface area contributed by atoms with Crippen molar-refractivity contribution in [1.82, 2.24) is 9.78 Å². The van der Waals surface area contributed by atoms with E-state index in [9.17, 15) is 0 Å².